The molecule has 1 N–H and O–H groups in total. The Morgan fingerprint density at radius 1 is 1.08 bits per heavy atom. The van der Waals surface area contributed by atoms with Crippen molar-refractivity contribution in [3.05, 3.63) is 94.4 Å². The van der Waals surface area contributed by atoms with Crippen molar-refractivity contribution in [2.24, 2.45) is 0 Å². The van der Waals surface area contributed by atoms with Crippen molar-refractivity contribution in [2.75, 3.05) is 31.5 Å². The standard InChI is InChI=1S/C28H24F3IN6O/c1-19-4-5-21(15-20(19)7-9-24-17-33-26-3-2-10-34-38(24)26)27(39)35-23-8-6-22(25(16-23)28(29,30)31)18-36-11-13-37(32)14-12-36/h2-6,8,10,15-17H,11-14,18H2,1H3,(H,35,39). The number of anilines is 1. The first-order valence-corrected chi connectivity index (χ1v) is 13.2. The van der Waals surface area contributed by atoms with Crippen molar-refractivity contribution in [1.29, 1.82) is 0 Å². The number of hydrogen-bond donors (Lipinski definition) is 1. The highest BCUT2D eigenvalue weighted by atomic mass is 127. The Morgan fingerprint density at radius 3 is 2.64 bits per heavy atom. The van der Waals surface area contributed by atoms with E-state index in [0.717, 1.165) is 24.7 Å². The zero-order valence-corrected chi connectivity index (χ0v) is 23.1. The van der Waals surface area contributed by atoms with Crippen LogP contribution in [0.25, 0.3) is 5.65 Å². The summed E-state index contributed by atoms with van der Waals surface area (Å²) >= 11 is 2.22. The Morgan fingerprint density at radius 2 is 1.87 bits per heavy atom. The van der Waals surface area contributed by atoms with E-state index in [-0.39, 0.29) is 23.4 Å². The molecular formula is C28H24F3IN6O. The molecular weight excluding hydrogens is 620 g/mol. The molecule has 5 rings (SSSR count). The summed E-state index contributed by atoms with van der Waals surface area (Å²) in [6.07, 6.45) is -1.29. The lowest BCUT2D eigenvalue weighted by Crippen LogP contribution is -2.41. The Labute approximate surface area is 237 Å². The molecule has 2 aromatic carbocycles. The molecule has 0 radical (unpaired) electrons. The van der Waals surface area contributed by atoms with Gasteiger partial charge in [0, 0.05) is 78.6 Å². The van der Waals surface area contributed by atoms with E-state index in [1.54, 1.807) is 41.2 Å². The summed E-state index contributed by atoms with van der Waals surface area (Å²) in [6, 6.07) is 12.6. The van der Waals surface area contributed by atoms with E-state index < -0.39 is 17.6 Å². The van der Waals surface area contributed by atoms with Gasteiger partial charge in [-0.15, -0.1) is 0 Å². The van der Waals surface area contributed by atoms with Crippen LogP contribution in [0.3, 0.4) is 0 Å². The van der Waals surface area contributed by atoms with Crippen molar-refractivity contribution in [3.8, 4) is 11.8 Å². The highest BCUT2D eigenvalue weighted by Gasteiger charge is 2.34. The second kappa shape index (κ2) is 11.3. The van der Waals surface area contributed by atoms with Gasteiger partial charge in [0.05, 0.1) is 11.8 Å². The van der Waals surface area contributed by atoms with Crippen LogP contribution in [-0.2, 0) is 12.7 Å². The Balaban J connectivity index is 1.35. The van der Waals surface area contributed by atoms with Crippen LogP contribution in [0.15, 0.2) is 60.9 Å². The van der Waals surface area contributed by atoms with Gasteiger partial charge in [-0.2, -0.15) is 18.3 Å². The number of imidazole rings is 1. The van der Waals surface area contributed by atoms with Crippen LogP contribution in [0.5, 0.6) is 0 Å². The third-order valence-corrected chi connectivity index (χ3v) is 7.45. The normalized spacial score (nSPS) is 14.7. The number of aryl methyl sites for hydroxylation is 1. The molecule has 39 heavy (non-hydrogen) atoms. The Bertz CT molecular complexity index is 1580. The molecule has 0 atom stereocenters. The third-order valence-electron chi connectivity index (χ3n) is 6.49. The van der Waals surface area contributed by atoms with Crippen LogP contribution < -0.4 is 5.32 Å². The maximum Gasteiger partial charge on any atom is 0.416 e. The highest BCUT2D eigenvalue weighted by Crippen LogP contribution is 2.35. The van der Waals surface area contributed by atoms with Gasteiger partial charge in [-0.25, -0.2) is 12.6 Å². The summed E-state index contributed by atoms with van der Waals surface area (Å²) in [5.74, 6) is 5.57. The van der Waals surface area contributed by atoms with Crippen LogP contribution >= 0.6 is 22.9 Å². The van der Waals surface area contributed by atoms with Gasteiger partial charge in [0.1, 0.15) is 5.69 Å². The number of aromatic nitrogens is 3. The number of fused-ring (bicyclic) bond motifs is 1. The minimum atomic E-state index is -4.54. The predicted octanol–water partition coefficient (Wildman–Crippen LogP) is 5.18. The summed E-state index contributed by atoms with van der Waals surface area (Å²) in [4.78, 5) is 19.3. The minimum Gasteiger partial charge on any atom is -0.322 e. The SMILES string of the molecule is Cc1ccc(C(=O)Nc2ccc(CN3CCN(I)CC3)c(C(F)(F)F)c2)cc1C#Cc1cnc2cccnn12. The lowest BCUT2D eigenvalue weighted by Gasteiger charge is -2.31. The number of carbonyl (C=O) groups is 1. The molecule has 0 aliphatic carbocycles. The fourth-order valence-corrected chi connectivity index (χ4v) is 4.76. The molecule has 0 bridgehead atoms. The molecule has 3 heterocycles. The van der Waals surface area contributed by atoms with Gasteiger partial charge in [0.25, 0.3) is 5.91 Å². The predicted molar refractivity (Wildman–Crippen MR) is 150 cm³/mol. The summed E-state index contributed by atoms with van der Waals surface area (Å²) in [5.41, 5.74) is 2.55. The molecule has 4 aromatic rings. The summed E-state index contributed by atoms with van der Waals surface area (Å²) < 4.78 is 45.5. The summed E-state index contributed by atoms with van der Waals surface area (Å²) in [7, 11) is 0. The molecule has 200 valence electrons. The number of halogens is 4. The second-order valence-corrected chi connectivity index (χ2v) is 10.6. The van der Waals surface area contributed by atoms with E-state index in [9.17, 15) is 18.0 Å². The molecule has 1 fully saturated rings. The molecule has 1 aliphatic heterocycles. The smallest absolute Gasteiger partial charge is 0.322 e. The topological polar surface area (TPSA) is 65.8 Å². The molecule has 2 aromatic heterocycles. The highest BCUT2D eigenvalue weighted by molar-refractivity contribution is 14.1. The van der Waals surface area contributed by atoms with E-state index in [4.69, 9.17) is 0 Å². The van der Waals surface area contributed by atoms with Crippen molar-refractivity contribution in [2.45, 2.75) is 19.6 Å². The van der Waals surface area contributed by atoms with Crippen molar-refractivity contribution in [1.82, 2.24) is 22.6 Å². The molecule has 0 spiro atoms. The zero-order chi connectivity index (χ0) is 27.6. The largest absolute Gasteiger partial charge is 0.416 e. The lowest BCUT2D eigenvalue weighted by atomic mass is 10.0. The Hall–Kier alpha value is -3.47. The van der Waals surface area contributed by atoms with Crippen molar-refractivity contribution < 1.29 is 18.0 Å². The molecule has 7 nitrogen and oxygen atoms in total. The van der Waals surface area contributed by atoms with Gasteiger partial charge in [-0.05, 0) is 60.4 Å². The summed E-state index contributed by atoms with van der Waals surface area (Å²) in [5, 5.41) is 6.85. The van der Waals surface area contributed by atoms with Crippen molar-refractivity contribution in [3.63, 3.8) is 0 Å². The van der Waals surface area contributed by atoms with Gasteiger partial charge < -0.3 is 5.32 Å². The van der Waals surface area contributed by atoms with Crippen LogP contribution in [0.2, 0.25) is 0 Å². The first-order valence-electron chi connectivity index (χ1n) is 12.2. The molecule has 0 unspecified atom stereocenters. The number of nitrogens with zero attached hydrogens (tertiary/aromatic N) is 5. The first-order chi connectivity index (χ1) is 18.7. The monoisotopic (exact) mass is 644 g/mol. The van der Waals surface area contributed by atoms with Gasteiger partial charge in [0.2, 0.25) is 0 Å². The number of amides is 1. The average Bonchev–Trinajstić information content (AvgIpc) is 3.33. The molecule has 11 heteroatoms. The number of carbonyl (C=O) groups excluding carboxylic acids is 1. The fraction of sp³-hybridized carbons (Fsp3) is 0.250. The number of benzene rings is 2. The molecule has 1 aliphatic rings. The maximum atomic E-state index is 13.9. The quantitative estimate of drug-likeness (QED) is 0.189. The van der Waals surface area contributed by atoms with Crippen molar-refractivity contribution >= 4 is 40.1 Å². The molecule has 1 amide bonds. The number of alkyl halides is 3. The van der Waals surface area contributed by atoms with E-state index >= 15 is 0 Å². The molecule has 1 saturated heterocycles. The van der Waals surface area contributed by atoms with E-state index in [1.807, 2.05) is 17.9 Å². The lowest BCUT2D eigenvalue weighted by molar-refractivity contribution is -0.138. The van der Waals surface area contributed by atoms with Gasteiger partial charge in [-0.1, -0.05) is 18.1 Å². The van der Waals surface area contributed by atoms with Gasteiger partial charge >= 0.3 is 6.18 Å². The van der Waals surface area contributed by atoms with E-state index in [2.05, 4.69) is 53.2 Å². The number of piperazine rings is 1. The van der Waals surface area contributed by atoms with Gasteiger partial charge in [0.15, 0.2) is 5.65 Å². The van der Waals surface area contributed by atoms with Gasteiger partial charge in [-0.3, -0.25) is 9.69 Å². The summed E-state index contributed by atoms with van der Waals surface area (Å²) in [6.45, 7) is 5.07. The Kier molecular flexibility index (Phi) is 7.88. The number of hydrogen-bond acceptors (Lipinski definition) is 5. The fourth-order valence-electron chi connectivity index (χ4n) is 4.33. The minimum absolute atomic E-state index is 0.0816. The average molecular weight is 644 g/mol. The van der Waals surface area contributed by atoms with Crippen LogP contribution in [0.4, 0.5) is 18.9 Å². The van der Waals surface area contributed by atoms with Crippen LogP contribution in [0.1, 0.15) is 38.3 Å². The van der Waals surface area contributed by atoms with Crippen LogP contribution in [0, 0.1) is 18.8 Å². The number of rotatable bonds is 4. The van der Waals surface area contributed by atoms with E-state index in [1.165, 1.54) is 12.1 Å². The molecule has 0 saturated carbocycles. The second-order valence-electron chi connectivity index (χ2n) is 9.23. The third kappa shape index (κ3) is 6.41. The maximum absolute atomic E-state index is 13.9. The van der Waals surface area contributed by atoms with Crippen LogP contribution in [-0.4, -0.2) is 54.7 Å². The number of nitrogens with one attached hydrogen (secondary N) is 1. The van der Waals surface area contributed by atoms with E-state index in [0.29, 0.717) is 30.0 Å². The first kappa shape index (κ1) is 27.1. The zero-order valence-electron chi connectivity index (χ0n) is 21.0.